The van der Waals surface area contributed by atoms with Crippen LogP contribution in [-0.4, -0.2) is 6.54 Å². The number of nitrogens with one attached hydrogen (secondary N) is 1. The maximum Gasteiger partial charge on any atom is 0.145 e. The molecule has 2 aromatic rings. The van der Waals surface area contributed by atoms with Gasteiger partial charge in [-0.25, -0.2) is 8.78 Å². The van der Waals surface area contributed by atoms with Gasteiger partial charge in [0.25, 0.3) is 0 Å². The Hall–Kier alpha value is -1.20. The first-order chi connectivity index (χ1) is 9.45. The summed E-state index contributed by atoms with van der Waals surface area (Å²) in [4.78, 5) is 0. The third kappa shape index (κ3) is 2.79. The summed E-state index contributed by atoms with van der Waals surface area (Å²) in [5, 5.41) is 3.12. The third-order valence-corrected chi connectivity index (χ3v) is 3.78. The van der Waals surface area contributed by atoms with Crippen LogP contribution < -0.4 is 5.32 Å². The van der Waals surface area contributed by atoms with Gasteiger partial charge in [-0.1, -0.05) is 6.92 Å². The Balaban J connectivity index is 2.60. The normalized spacial score (nSPS) is 12.7. The maximum atomic E-state index is 14.3. The van der Waals surface area contributed by atoms with Crippen LogP contribution in [0.4, 0.5) is 8.78 Å². The molecule has 1 aromatic heterocycles. The lowest BCUT2D eigenvalue weighted by Gasteiger charge is -2.19. The molecular formula is C15H16BrF2NO. The maximum absolute atomic E-state index is 14.3. The second-order valence-electron chi connectivity index (χ2n) is 4.62. The molecule has 1 N–H and O–H groups in total. The van der Waals surface area contributed by atoms with Gasteiger partial charge in [-0.3, -0.25) is 0 Å². The molecule has 0 spiro atoms. The third-order valence-electron chi connectivity index (χ3n) is 3.17. The smallest absolute Gasteiger partial charge is 0.145 e. The minimum Gasteiger partial charge on any atom is -0.466 e. The monoisotopic (exact) mass is 343 g/mol. The van der Waals surface area contributed by atoms with E-state index < -0.39 is 17.7 Å². The van der Waals surface area contributed by atoms with E-state index in [9.17, 15) is 8.78 Å². The van der Waals surface area contributed by atoms with Gasteiger partial charge in [-0.15, -0.1) is 0 Å². The largest absolute Gasteiger partial charge is 0.466 e. The van der Waals surface area contributed by atoms with Crippen molar-refractivity contribution in [3.05, 3.63) is 57.0 Å². The van der Waals surface area contributed by atoms with Gasteiger partial charge in [0, 0.05) is 11.1 Å². The molecule has 0 fully saturated rings. The number of benzene rings is 1. The molecule has 1 heterocycles. The standard InChI is InChI=1S/C15H16BrF2NO/c1-4-19-15(10-7-8(2)20-9(10)3)13-12(17)6-5-11(16)14(13)18/h5-7,15,19H,4H2,1-3H3. The molecule has 0 aliphatic carbocycles. The summed E-state index contributed by atoms with van der Waals surface area (Å²) in [6.07, 6.45) is 0. The number of aryl methyl sites for hydroxylation is 2. The van der Waals surface area contributed by atoms with E-state index in [4.69, 9.17) is 4.42 Å². The summed E-state index contributed by atoms with van der Waals surface area (Å²) in [7, 11) is 0. The minimum absolute atomic E-state index is 0.00475. The number of halogens is 3. The summed E-state index contributed by atoms with van der Waals surface area (Å²) in [6, 6.07) is 3.86. The first-order valence-electron chi connectivity index (χ1n) is 6.39. The van der Waals surface area contributed by atoms with Crippen molar-refractivity contribution in [2.75, 3.05) is 6.54 Å². The summed E-state index contributed by atoms with van der Waals surface area (Å²) < 4.78 is 34.1. The number of hydrogen-bond acceptors (Lipinski definition) is 2. The van der Waals surface area contributed by atoms with Gasteiger partial charge in [0.15, 0.2) is 0 Å². The van der Waals surface area contributed by atoms with Crippen LogP contribution in [0.5, 0.6) is 0 Å². The van der Waals surface area contributed by atoms with Crippen LogP contribution in [-0.2, 0) is 0 Å². The summed E-state index contributed by atoms with van der Waals surface area (Å²) in [5.74, 6) is 0.215. The van der Waals surface area contributed by atoms with Crippen LogP contribution in [0.1, 0.15) is 35.6 Å². The average Bonchev–Trinajstić information content (AvgIpc) is 2.72. The van der Waals surface area contributed by atoms with Crippen molar-refractivity contribution in [1.82, 2.24) is 5.32 Å². The van der Waals surface area contributed by atoms with E-state index in [2.05, 4.69) is 21.2 Å². The van der Waals surface area contributed by atoms with Gasteiger partial charge in [0.2, 0.25) is 0 Å². The van der Waals surface area contributed by atoms with Crippen molar-refractivity contribution in [2.45, 2.75) is 26.8 Å². The summed E-state index contributed by atoms with van der Waals surface area (Å²) in [6.45, 7) is 6.08. The van der Waals surface area contributed by atoms with Crippen molar-refractivity contribution < 1.29 is 13.2 Å². The van der Waals surface area contributed by atoms with Crippen LogP contribution in [0.2, 0.25) is 0 Å². The fraction of sp³-hybridized carbons (Fsp3) is 0.333. The Labute approximate surface area is 125 Å². The predicted molar refractivity (Wildman–Crippen MR) is 77.8 cm³/mol. The van der Waals surface area contributed by atoms with E-state index in [-0.39, 0.29) is 10.0 Å². The highest BCUT2D eigenvalue weighted by molar-refractivity contribution is 9.10. The Kier molecular flexibility index (Phi) is 4.60. The molecule has 0 radical (unpaired) electrons. The van der Waals surface area contributed by atoms with Crippen LogP contribution in [0, 0.1) is 25.5 Å². The highest BCUT2D eigenvalue weighted by atomic mass is 79.9. The summed E-state index contributed by atoms with van der Waals surface area (Å²) >= 11 is 3.10. The van der Waals surface area contributed by atoms with Crippen molar-refractivity contribution >= 4 is 15.9 Å². The Morgan fingerprint density at radius 1 is 1.30 bits per heavy atom. The molecule has 1 aromatic carbocycles. The van der Waals surface area contributed by atoms with Crippen molar-refractivity contribution in [1.29, 1.82) is 0 Å². The lowest BCUT2D eigenvalue weighted by atomic mass is 9.97. The van der Waals surface area contributed by atoms with Gasteiger partial charge in [-0.05, 0) is 54.5 Å². The van der Waals surface area contributed by atoms with E-state index in [1.165, 1.54) is 12.1 Å². The van der Waals surface area contributed by atoms with E-state index in [0.717, 1.165) is 11.3 Å². The van der Waals surface area contributed by atoms with E-state index in [1.807, 2.05) is 19.9 Å². The zero-order valence-electron chi connectivity index (χ0n) is 11.6. The molecule has 1 atom stereocenters. The molecule has 2 nitrogen and oxygen atoms in total. The predicted octanol–water partition coefficient (Wildman–Crippen LogP) is 4.64. The lowest BCUT2D eigenvalue weighted by Crippen LogP contribution is -2.24. The van der Waals surface area contributed by atoms with Gasteiger partial charge in [0.05, 0.1) is 10.5 Å². The van der Waals surface area contributed by atoms with Crippen LogP contribution in [0.3, 0.4) is 0 Å². The van der Waals surface area contributed by atoms with Gasteiger partial charge in [0.1, 0.15) is 23.2 Å². The summed E-state index contributed by atoms with van der Waals surface area (Å²) in [5.41, 5.74) is 0.755. The molecule has 0 aliphatic heterocycles. The molecule has 0 saturated heterocycles. The fourth-order valence-corrected chi connectivity index (χ4v) is 2.66. The average molecular weight is 344 g/mol. The molecule has 108 valence electrons. The van der Waals surface area contributed by atoms with Gasteiger partial charge in [-0.2, -0.15) is 0 Å². The number of hydrogen-bond donors (Lipinski definition) is 1. The zero-order chi connectivity index (χ0) is 14.9. The molecule has 0 amide bonds. The molecule has 1 unspecified atom stereocenters. The van der Waals surface area contributed by atoms with Crippen LogP contribution in [0.25, 0.3) is 0 Å². The molecule has 0 bridgehead atoms. The molecule has 2 rings (SSSR count). The Morgan fingerprint density at radius 3 is 2.55 bits per heavy atom. The highest BCUT2D eigenvalue weighted by Crippen LogP contribution is 2.33. The van der Waals surface area contributed by atoms with Crippen molar-refractivity contribution in [3.63, 3.8) is 0 Å². The quantitative estimate of drug-likeness (QED) is 0.818. The molecule has 0 saturated carbocycles. The second kappa shape index (κ2) is 6.06. The number of furan rings is 1. The molecule has 5 heteroatoms. The first-order valence-corrected chi connectivity index (χ1v) is 7.18. The Morgan fingerprint density at radius 2 is 2.00 bits per heavy atom. The van der Waals surface area contributed by atoms with Crippen molar-refractivity contribution in [3.8, 4) is 0 Å². The van der Waals surface area contributed by atoms with E-state index in [0.29, 0.717) is 12.3 Å². The van der Waals surface area contributed by atoms with Gasteiger partial charge >= 0.3 is 0 Å². The van der Waals surface area contributed by atoms with Gasteiger partial charge < -0.3 is 9.73 Å². The SMILES string of the molecule is CCNC(c1cc(C)oc1C)c1c(F)ccc(Br)c1F. The highest BCUT2D eigenvalue weighted by Gasteiger charge is 2.25. The zero-order valence-corrected chi connectivity index (χ0v) is 13.1. The molecular weight excluding hydrogens is 328 g/mol. The van der Waals surface area contributed by atoms with E-state index >= 15 is 0 Å². The van der Waals surface area contributed by atoms with Crippen LogP contribution >= 0.6 is 15.9 Å². The van der Waals surface area contributed by atoms with Crippen LogP contribution in [0.15, 0.2) is 27.1 Å². The van der Waals surface area contributed by atoms with E-state index in [1.54, 1.807) is 6.92 Å². The topological polar surface area (TPSA) is 25.2 Å². The minimum atomic E-state index is -0.589. The lowest BCUT2D eigenvalue weighted by molar-refractivity contribution is 0.482. The second-order valence-corrected chi connectivity index (χ2v) is 5.47. The first kappa shape index (κ1) is 15.2. The van der Waals surface area contributed by atoms with Crippen molar-refractivity contribution in [2.24, 2.45) is 0 Å². The Bertz CT molecular complexity index is 625. The fourth-order valence-electron chi connectivity index (χ4n) is 2.32. The molecule has 20 heavy (non-hydrogen) atoms. The number of rotatable bonds is 4. The molecule has 0 aliphatic rings.